The number of fused-ring (bicyclic) bond motifs is 2. The van der Waals surface area contributed by atoms with Gasteiger partial charge < -0.3 is 15.1 Å². The molecule has 3 nitrogen and oxygen atoms in total. The minimum absolute atomic E-state index is 0.140. The molecule has 0 spiro atoms. The number of hydrogen-bond donors (Lipinski definition) is 3. The highest BCUT2D eigenvalue weighted by atomic mass is 16.3. The maximum atomic E-state index is 8.54. The Bertz CT molecular complexity index is 905. The Morgan fingerprint density at radius 3 is 1.42 bits per heavy atom. The van der Waals surface area contributed by atoms with Crippen molar-refractivity contribution >= 4 is 21.8 Å². The quantitative estimate of drug-likeness (QED) is 0.369. The molecule has 0 amide bonds. The SMILES string of the molecule is OCc1ccccc1.c1ccc2[nH]ccc2c1.c1ccc2[nH]ccc2c1. The van der Waals surface area contributed by atoms with Crippen LogP contribution in [-0.4, -0.2) is 15.1 Å². The van der Waals surface area contributed by atoms with Crippen LogP contribution in [0.2, 0.25) is 0 Å². The summed E-state index contributed by atoms with van der Waals surface area (Å²) in [5, 5.41) is 11.1. The van der Waals surface area contributed by atoms with Gasteiger partial charge in [0.15, 0.2) is 0 Å². The molecule has 3 heteroatoms. The first kappa shape index (κ1) is 17.5. The van der Waals surface area contributed by atoms with E-state index < -0.39 is 0 Å². The van der Waals surface area contributed by atoms with Gasteiger partial charge in [-0.25, -0.2) is 0 Å². The lowest BCUT2D eigenvalue weighted by molar-refractivity contribution is 0.282. The lowest BCUT2D eigenvalue weighted by atomic mass is 10.2. The summed E-state index contributed by atoms with van der Waals surface area (Å²) in [5.74, 6) is 0. The second kappa shape index (κ2) is 9.25. The zero-order chi connectivity index (χ0) is 18.0. The van der Waals surface area contributed by atoms with E-state index in [1.54, 1.807) is 0 Å². The number of aliphatic hydroxyl groups excluding tert-OH is 1. The zero-order valence-electron chi connectivity index (χ0n) is 14.5. The predicted octanol–water partition coefficient (Wildman–Crippen LogP) is 5.51. The van der Waals surface area contributed by atoms with E-state index in [1.165, 1.54) is 21.8 Å². The molecule has 0 unspecified atom stereocenters. The standard InChI is InChI=1S/2C8H7N.C7H8O/c2*1-2-4-8-7(3-1)5-6-9-8;8-6-7-4-2-1-3-5-7/h2*1-6,9H;1-5,8H,6H2. The summed E-state index contributed by atoms with van der Waals surface area (Å²) in [6.07, 6.45) is 3.90. The molecule has 26 heavy (non-hydrogen) atoms. The molecule has 5 rings (SSSR count). The molecule has 0 atom stereocenters. The molecule has 0 saturated heterocycles. The Labute approximate surface area is 152 Å². The molecule has 3 aromatic carbocycles. The maximum absolute atomic E-state index is 8.54. The van der Waals surface area contributed by atoms with E-state index in [0.29, 0.717) is 0 Å². The second-order valence-electron chi connectivity index (χ2n) is 5.77. The van der Waals surface area contributed by atoms with Crippen LogP contribution in [0.3, 0.4) is 0 Å². The molecule has 2 heterocycles. The fraction of sp³-hybridized carbons (Fsp3) is 0.0435. The summed E-state index contributed by atoms with van der Waals surface area (Å²) >= 11 is 0. The van der Waals surface area contributed by atoms with E-state index in [4.69, 9.17) is 5.11 Å². The Hall–Kier alpha value is -3.30. The molecule has 0 saturated carbocycles. The molecule has 0 aliphatic carbocycles. The van der Waals surface area contributed by atoms with E-state index in [-0.39, 0.29) is 6.61 Å². The maximum Gasteiger partial charge on any atom is 0.0681 e. The lowest BCUT2D eigenvalue weighted by Gasteiger charge is -1.89. The molecule has 0 radical (unpaired) electrons. The molecule has 2 aromatic heterocycles. The lowest BCUT2D eigenvalue weighted by Crippen LogP contribution is -1.77. The predicted molar refractivity (Wildman–Crippen MR) is 109 cm³/mol. The molecule has 0 aliphatic heterocycles. The topological polar surface area (TPSA) is 51.8 Å². The van der Waals surface area contributed by atoms with E-state index in [0.717, 1.165) is 5.56 Å². The van der Waals surface area contributed by atoms with Crippen LogP contribution in [0.15, 0.2) is 103 Å². The molecular formula is C23H22N2O. The van der Waals surface area contributed by atoms with Crippen LogP contribution < -0.4 is 0 Å². The minimum Gasteiger partial charge on any atom is -0.392 e. The smallest absolute Gasteiger partial charge is 0.0681 e. The van der Waals surface area contributed by atoms with Crippen LogP contribution in [0.25, 0.3) is 21.8 Å². The molecular weight excluding hydrogens is 320 g/mol. The van der Waals surface area contributed by atoms with E-state index in [1.807, 2.05) is 67.0 Å². The van der Waals surface area contributed by atoms with Gasteiger partial charge in [-0.3, -0.25) is 0 Å². The third kappa shape index (κ3) is 4.85. The van der Waals surface area contributed by atoms with Crippen molar-refractivity contribution in [1.82, 2.24) is 9.97 Å². The molecule has 130 valence electrons. The van der Waals surface area contributed by atoms with E-state index in [9.17, 15) is 0 Å². The van der Waals surface area contributed by atoms with Crippen LogP contribution in [0.4, 0.5) is 0 Å². The van der Waals surface area contributed by atoms with Crippen LogP contribution in [-0.2, 0) is 6.61 Å². The fourth-order valence-electron chi connectivity index (χ4n) is 2.57. The Balaban J connectivity index is 0.000000113. The van der Waals surface area contributed by atoms with Gasteiger partial charge in [0.25, 0.3) is 0 Å². The first-order chi connectivity index (χ1) is 12.9. The van der Waals surface area contributed by atoms with Gasteiger partial charge in [-0.15, -0.1) is 0 Å². The summed E-state index contributed by atoms with van der Waals surface area (Å²) in [6.45, 7) is 0.140. The van der Waals surface area contributed by atoms with E-state index in [2.05, 4.69) is 46.4 Å². The third-order valence-corrected chi connectivity index (χ3v) is 3.95. The van der Waals surface area contributed by atoms with Crippen molar-refractivity contribution in [3.8, 4) is 0 Å². The van der Waals surface area contributed by atoms with Crippen LogP contribution in [0.1, 0.15) is 5.56 Å². The Morgan fingerprint density at radius 2 is 1.00 bits per heavy atom. The largest absolute Gasteiger partial charge is 0.392 e. The van der Waals surface area contributed by atoms with E-state index >= 15 is 0 Å². The minimum atomic E-state index is 0.140. The van der Waals surface area contributed by atoms with Crippen LogP contribution in [0, 0.1) is 0 Å². The highest BCUT2D eigenvalue weighted by Gasteiger charge is 1.87. The van der Waals surface area contributed by atoms with Gasteiger partial charge in [0.2, 0.25) is 0 Å². The van der Waals surface area contributed by atoms with Gasteiger partial charge in [-0.1, -0.05) is 66.7 Å². The van der Waals surface area contributed by atoms with Crippen molar-refractivity contribution in [2.24, 2.45) is 0 Å². The molecule has 5 aromatic rings. The monoisotopic (exact) mass is 342 g/mol. The zero-order valence-corrected chi connectivity index (χ0v) is 14.5. The first-order valence-corrected chi connectivity index (χ1v) is 8.56. The van der Waals surface area contributed by atoms with Crippen molar-refractivity contribution in [3.63, 3.8) is 0 Å². The van der Waals surface area contributed by atoms with Gasteiger partial charge in [0.1, 0.15) is 0 Å². The normalized spacial score (nSPS) is 9.88. The van der Waals surface area contributed by atoms with Gasteiger partial charge >= 0.3 is 0 Å². The summed E-state index contributed by atoms with van der Waals surface area (Å²) in [7, 11) is 0. The van der Waals surface area contributed by atoms with Gasteiger partial charge in [-0.2, -0.15) is 0 Å². The number of para-hydroxylation sites is 2. The van der Waals surface area contributed by atoms with Crippen molar-refractivity contribution in [2.75, 3.05) is 0 Å². The summed E-state index contributed by atoms with van der Waals surface area (Å²) < 4.78 is 0. The Kier molecular flexibility index (Phi) is 6.24. The van der Waals surface area contributed by atoms with Crippen molar-refractivity contribution in [2.45, 2.75) is 6.61 Å². The number of H-pyrrole nitrogens is 2. The number of benzene rings is 3. The fourth-order valence-corrected chi connectivity index (χ4v) is 2.57. The summed E-state index contributed by atoms with van der Waals surface area (Å²) in [6, 6.07) is 30.1. The number of hydrogen-bond acceptors (Lipinski definition) is 1. The number of nitrogens with one attached hydrogen (secondary N) is 2. The van der Waals surface area contributed by atoms with Crippen molar-refractivity contribution < 1.29 is 5.11 Å². The first-order valence-electron chi connectivity index (χ1n) is 8.56. The second-order valence-corrected chi connectivity index (χ2v) is 5.77. The van der Waals surface area contributed by atoms with Gasteiger partial charge in [0.05, 0.1) is 6.61 Å². The highest BCUT2D eigenvalue weighted by Crippen LogP contribution is 2.09. The molecule has 0 fully saturated rings. The number of aromatic nitrogens is 2. The average molecular weight is 342 g/mol. The summed E-state index contributed by atoms with van der Waals surface area (Å²) in [5.41, 5.74) is 3.38. The van der Waals surface area contributed by atoms with Gasteiger partial charge in [-0.05, 0) is 40.6 Å². The average Bonchev–Trinajstić information content (AvgIpc) is 3.38. The highest BCUT2D eigenvalue weighted by molar-refractivity contribution is 5.79. The van der Waals surface area contributed by atoms with Crippen LogP contribution >= 0.6 is 0 Å². The third-order valence-electron chi connectivity index (χ3n) is 3.95. The number of aromatic amines is 2. The van der Waals surface area contributed by atoms with Crippen molar-refractivity contribution in [1.29, 1.82) is 0 Å². The summed E-state index contributed by atoms with van der Waals surface area (Å²) in [4.78, 5) is 6.24. The number of rotatable bonds is 1. The van der Waals surface area contributed by atoms with Crippen molar-refractivity contribution in [3.05, 3.63) is 109 Å². The Morgan fingerprint density at radius 1 is 0.538 bits per heavy atom. The molecule has 3 N–H and O–H groups in total. The van der Waals surface area contributed by atoms with Crippen LogP contribution in [0.5, 0.6) is 0 Å². The van der Waals surface area contributed by atoms with Gasteiger partial charge in [0, 0.05) is 23.4 Å². The molecule has 0 aliphatic rings. The number of aliphatic hydroxyl groups is 1. The molecule has 0 bridgehead atoms.